The van der Waals surface area contributed by atoms with Crippen molar-refractivity contribution in [2.45, 2.75) is 4.90 Å². The maximum absolute atomic E-state index is 11.7. The van der Waals surface area contributed by atoms with Crippen LogP contribution in [-0.4, -0.2) is 8.42 Å². The number of hydrogen-bond acceptors (Lipinski definition) is 2. The van der Waals surface area contributed by atoms with E-state index in [1.54, 1.807) is 12.1 Å². The molecule has 0 aliphatic carbocycles. The smallest absolute Gasteiger partial charge is 0.225 e. The lowest BCUT2D eigenvalue weighted by molar-refractivity contribution is 0.598. The summed E-state index contributed by atoms with van der Waals surface area (Å²) < 4.78 is 23.5. The van der Waals surface area contributed by atoms with Gasteiger partial charge in [0.25, 0.3) is 0 Å². The van der Waals surface area contributed by atoms with Gasteiger partial charge in [0.15, 0.2) is 0 Å². The van der Waals surface area contributed by atoms with Gasteiger partial charge in [0.05, 0.1) is 4.90 Å². The molecule has 0 saturated carbocycles. The van der Waals surface area contributed by atoms with Crippen LogP contribution in [0.25, 0.3) is 21.9 Å². The monoisotopic (exact) mass is 283 g/mol. The van der Waals surface area contributed by atoms with Crippen molar-refractivity contribution in [3.05, 3.63) is 66.7 Å². The molecule has 0 bridgehead atoms. The Morgan fingerprint density at radius 1 is 0.700 bits per heavy atom. The average molecular weight is 283 g/mol. The molecular formula is C16H13NO2S. The van der Waals surface area contributed by atoms with E-state index < -0.39 is 10.0 Å². The Hall–Kier alpha value is -2.17. The van der Waals surface area contributed by atoms with Crippen LogP contribution in [0.1, 0.15) is 0 Å². The van der Waals surface area contributed by atoms with E-state index in [0.29, 0.717) is 5.56 Å². The first kappa shape index (κ1) is 12.8. The lowest BCUT2D eigenvalue weighted by Crippen LogP contribution is -2.13. The zero-order chi connectivity index (χ0) is 14.2. The fraction of sp³-hybridized carbons (Fsp3) is 0. The predicted octanol–water partition coefficient (Wildman–Crippen LogP) is 3.15. The van der Waals surface area contributed by atoms with E-state index in [1.807, 2.05) is 48.5 Å². The minimum atomic E-state index is -3.75. The molecule has 0 unspecified atom stereocenters. The zero-order valence-electron chi connectivity index (χ0n) is 10.7. The second-order valence-corrected chi connectivity index (χ2v) is 6.10. The Morgan fingerprint density at radius 3 is 2.10 bits per heavy atom. The number of primary sulfonamides is 1. The third-order valence-corrected chi connectivity index (χ3v) is 4.24. The predicted molar refractivity (Wildman–Crippen MR) is 80.8 cm³/mol. The van der Waals surface area contributed by atoms with Crippen molar-refractivity contribution in [2.24, 2.45) is 5.14 Å². The van der Waals surface area contributed by atoms with Gasteiger partial charge in [-0.3, -0.25) is 0 Å². The van der Waals surface area contributed by atoms with E-state index in [4.69, 9.17) is 5.14 Å². The summed E-state index contributed by atoms with van der Waals surface area (Å²) >= 11 is 0. The maximum atomic E-state index is 11.7. The van der Waals surface area contributed by atoms with Crippen molar-refractivity contribution in [3.63, 3.8) is 0 Å². The maximum Gasteiger partial charge on any atom is 0.238 e. The van der Waals surface area contributed by atoms with Crippen molar-refractivity contribution in [1.82, 2.24) is 0 Å². The molecule has 0 fully saturated rings. The highest BCUT2D eigenvalue weighted by Gasteiger charge is 2.15. The fourth-order valence-corrected chi connectivity index (χ4v) is 3.15. The highest BCUT2D eigenvalue weighted by Crippen LogP contribution is 2.32. The molecule has 100 valence electrons. The van der Waals surface area contributed by atoms with Gasteiger partial charge in [0, 0.05) is 5.56 Å². The molecule has 4 heteroatoms. The molecule has 0 aromatic heterocycles. The zero-order valence-corrected chi connectivity index (χ0v) is 11.5. The molecule has 3 aromatic carbocycles. The number of benzene rings is 3. The van der Waals surface area contributed by atoms with Gasteiger partial charge in [-0.1, -0.05) is 60.7 Å². The second-order valence-electron chi connectivity index (χ2n) is 4.57. The van der Waals surface area contributed by atoms with E-state index in [2.05, 4.69) is 0 Å². The standard InChI is InChI=1S/C16H13NO2S/c17-20(18,19)16-11-4-3-9-15(16)14-10-5-7-12-6-1-2-8-13(12)14/h1-11H,(H2,17,18,19). The molecule has 0 radical (unpaired) electrons. The first-order valence-electron chi connectivity index (χ1n) is 6.17. The van der Waals surface area contributed by atoms with E-state index in [-0.39, 0.29) is 4.90 Å². The Morgan fingerprint density at radius 2 is 1.30 bits per heavy atom. The molecule has 3 aromatic rings. The van der Waals surface area contributed by atoms with E-state index in [0.717, 1.165) is 16.3 Å². The summed E-state index contributed by atoms with van der Waals surface area (Å²) in [6, 6.07) is 20.5. The average Bonchev–Trinajstić information content (AvgIpc) is 2.46. The Kier molecular flexibility index (Phi) is 3.04. The minimum absolute atomic E-state index is 0.149. The lowest BCUT2D eigenvalue weighted by atomic mass is 9.98. The van der Waals surface area contributed by atoms with Crippen molar-refractivity contribution in [1.29, 1.82) is 0 Å². The van der Waals surface area contributed by atoms with Crippen LogP contribution in [0.2, 0.25) is 0 Å². The van der Waals surface area contributed by atoms with Gasteiger partial charge in [-0.15, -0.1) is 0 Å². The van der Waals surface area contributed by atoms with Gasteiger partial charge >= 0.3 is 0 Å². The molecule has 0 saturated heterocycles. The summed E-state index contributed by atoms with van der Waals surface area (Å²) in [4.78, 5) is 0.149. The van der Waals surface area contributed by atoms with Gasteiger partial charge < -0.3 is 0 Å². The van der Waals surface area contributed by atoms with E-state index in [1.165, 1.54) is 6.07 Å². The fourth-order valence-electron chi connectivity index (χ4n) is 2.40. The van der Waals surface area contributed by atoms with Crippen LogP contribution < -0.4 is 5.14 Å². The number of hydrogen-bond donors (Lipinski definition) is 1. The third kappa shape index (κ3) is 2.19. The van der Waals surface area contributed by atoms with Crippen molar-refractivity contribution in [3.8, 4) is 11.1 Å². The summed E-state index contributed by atoms with van der Waals surface area (Å²) in [5, 5.41) is 7.38. The molecule has 0 heterocycles. The third-order valence-electron chi connectivity index (χ3n) is 3.27. The summed E-state index contributed by atoms with van der Waals surface area (Å²) in [5.41, 5.74) is 1.50. The summed E-state index contributed by atoms with van der Waals surface area (Å²) in [5.74, 6) is 0. The lowest BCUT2D eigenvalue weighted by Gasteiger charge is -2.10. The minimum Gasteiger partial charge on any atom is -0.225 e. The number of sulfonamides is 1. The SMILES string of the molecule is NS(=O)(=O)c1ccccc1-c1cccc2ccccc12. The first-order chi connectivity index (χ1) is 9.57. The quantitative estimate of drug-likeness (QED) is 0.785. The molecule has 3 rings (SSSR count). The molecule has 0 atom stereocenters. The van der Waals surface area contributed by atoms with E-state index >= 15 is 0 Å². The van der Waals surface area contributed by atoms with Gasteiger partial charge in [0.2, 0.25) is 10.0 Å². The Balaban J connectivity index is 2.38. The van der Waals surface area contributed by atoms with Crippen LogP contribution in [-0.2, 0) is 10.0 Å². The van der Waals surface area contributed by atoms with Crippen molar-refractivity contribution in [2.75, 3.05) is 0 Å². The highest BCUT2D eigenvalue weighted by molar-refractivity contribution is 7.89. The second kappa shape index (κ2) is 4.74. The van der Waals surface area contributed by atoms with Crippen LogP contribution in [0.3, 0.4) is 0 Å². The normalized spacial score (nSPS) is 11.7. The van der Waals surface area contributed by atoms with Gasteiger partial charge in [0.1, 0.15) is 0 Å². The molecule has 2 N–H and O–H groups in total. The van der Waals surface area contributed by atoms with Crippen LogP contribution >= 0.6 is 0 Å². The first-order valence-corrected chi connectivity index (χ1v) is 7.72. The number of nitrogens with two attached hydrogens (primary N) is 1. The molecule has 0 aliphatic rings. The summed E-state index contributed by atoms with van der Waals surface area (Å²) in [7, 11) is -3.75. The molecular weight excluding hydrogens is 270 g/mol. The number of fused-ring (bicyclic) bond motifs is 1. The van der Waals surface area contributed by atoms with Crippen LogP contribution in [0.5, 0.6) is 0 Å². The largest absolute Gasteiger partial charge is 0.238 e. The van der Waals surface area contributed by atoms with Gasteiger partial charge in [-0.2, -0.15) is 0 Å². The van der Waals surface area contributed by atoms with Crippen molar-refractivity contribution >= 4 is 20.8 Å². The van der Waals surface area contributed by atoms with Gasteiger partial charge in [-0.05, 0) is 22.4 Å². The highest BCUT2D eigenvalue weighted by atomic mass is 32.2. The Bertz CT molecular complexity index is 880. The number of rotatable bonds is 2. The topological polar surface area (TPSA) is 60.2 Å². The molecule has 0 spiro atoms. The van der Waals surface area contributed by atoms with Crippen LogP contribution in [0.15, 0.2) is 71.6 Å². The van der Waals surface area contributed by atoms with Crippen molar-refractivity contribution < 1.29 is 8.42 Å². The molecule has 0 amide bonds. The van der Waals surface area contributed by atoms with Crippen LogP contribution in [0.4, 0.5) is 0 Å². The molecule has 0 aliphatic heterocycles. The summed E-state index contributed by atoms with van der Waals surface area (Å²) in [6.45, 7) is 0. The summed E-state index contributed by atoms with van der Waals surface area (Å²) in [6.07, 6.45) is 0. The molecule has 20 heavy (non-hydrogen) atoms. The van der Waals surface area contributed by atoms with Crippen LogP contribution in [0, 0.1) is 0 Å². The van der Waals surface area contributed by atoms with Gasteiger partial charge in [-0.25, -0.2) is 13.6 Å². The Labute approximate surface area is 117 Å². The molecule has 3 nitrogen and oxygen atoms in total. The van der Waals surface area contributed by atoms with E-state index in [9.17, 15) is 8.42 Å².